The van der Waals surface area contributed by atoms with Crippen molar-refractivity contribution in [1.29, 1.82) is 0 Å². The van der Waals surface area contributed by atoms with Gasteiger partial charge >= 0.3 is 56.0 Å². The summed E-state index contributed by atoms with van der Waals surface area (Å²) in [6.07, 6.45) is -20.8. The van der Waals surface area contributed by atoms with Crippen LogP contribution in [0.15, 0.2) is 245 Å². The highest BCUT2D eigenvalue weighted by molar-refractivity contribution is 7.97. The number of ether oxygens (including phenoxy) is 2. The summed E-state index contributed by atoms with van der Waals surface area (Å²) in [7, 11) is -13.6. The summed E-state index contributed by atoms with van der Waals surface area (Å²) in [5.74, 6) is -3.72. The lowest BCUT2D eigenvalue weighted by atomic mass is 9.87. The number of benzene rings is 9. The Hall–Kier alpha value is -7.88. The molecule has 0 bridgehead atoms. The number of hydrogen-bond acceptors (Lipinski definition) is 10. The number of carbonyl (C=O) groups is 2. The van der Waals surface area contributed by atoms with Crippen molar-refractivity contribution >= 4 is 43.1 Å². The Kier molecular flexibility index (Phi) is 28.0. The minimum Gasteiger partial charge on any atom is -0.743 e. The molecule has 9 rings (SSSR count). The molecule has 0 N–H and O–H groups in total. The second-order valence-electron chi connectivity index (χ2n) is 29.8. The molecule has 0 aliphatic heterocycles. The molecule has 0 fully saturated rings. The summed E-state index contributed by atoms with van der Waals surface area (Å²) in [5.41, 5.74) is 9.46. The van der Waals surface area contributed by atoms with Crippen LogP contribution in [0.5, 0.6) is 0 Å². The lowest BCUT2D eigenvalue weighted by molar-refractivity contribution is -0.597. The summed E-state index contributed by atoms with van der Waals surface area (Å²) in [6, 6.07) is 72.9. The molecular formula is C82H85F10IO10S3. The van der Waals surface area contributed by atoms with Crippen molar-refractivity contribution in [3.05, 3.63) is 277 Å². The third kappa shape index (κ3) is 24.1. The zero-order chi connectivity index (χ0) is 79.6. The van der Waals surface area contributed by atoms with E-state index in [1.807, 2.05) is 0 Å². The number of hydrogen-bond donors (Lipinski definition) is 0. The van der Waals surface area contributed by atoms with Crippen LogP contribution in [0.25, 0.3) is 22.3 Å². The van der Waals surface area contributed by atoms with Crippen LogP contribution in [0.3, 0.4) is 0 Å². The van der Waals surface area contributed by atoms with E-state index in [9.17, 15) is 79.4 Å². The van der Waals surface area contributed by atoms with Gasteiger partial charge in [-0.2, -0.15) is 43.9 Å². The van der Waals surface area contributed by atoms with Crippen molar-refractivity contribution in [3.8, 4) is 22.3 Å². The molecule has 2 atom stereocenters. The predicted molar refractivity (Wildman–Crippen MR) is 389 cm³/mol. The molecule has 0 saturated heterocycles. The van der Waals surface area contributed by atoms with E-state index in [0.717, 1.165) is 35.4 Å². The fourth-order valence-corrected chi connectivity index (χ4v) is 15.0. The summed E-state index contributed by atoms with van der Waals surface area (Å²) in [4.78, 5) is 27.7. The van der Waals surface area contributed by atoms with Crippen LogP contribution >= 0.6 is 0 Å². The fourth-order valence-electron chi connectivity index (χ4n) is 9.96. The standard InChI is InChI=1S/C30H39S.C20H26I.2C16H11F5O5S/c1-28(2,3)22-10-16-25(17-11-22)31(26-18-12-23(13-19-26)29(4,5)6)27-20-14-24(15-21-27)30(7,8)9;1-19(2,3)15-7-11-17(12-8-15)21-18-13-9-16(10-14-18)20(4,5)6;2*17-15(18,19)14(16(20,21)27(23,24)25)26-13(22)12-8-6-11(7-9-12)10-4-2-1-3-5-10/h10-21H,1-9H3;7-14H,1-6H3;2*1-9,14H,(H,23,24,25)/q2*+1;;/p-2. The maximum atomic E-state index is 13.4. The van der Waals surface area contributed by atoms with Gasteiger partial charge in [-0.25, -0.2) is 26.4 Å². The molecule has 2 unspecified atom stereocenters. The molecule has 9 aromatic rings. The van der Waals surface area contributed by atoms with Gasteiger partial charge in [0.25, 0.3) is 12.2 Å². The average molecular weight is 1640 g/mol. The first-order valence-electron chi connectivity index (χ1n) is 33.1. The van der Waals surface area contributed by atoms with Crippen molar-refractivity contribution < 1.29 is 110 Å². The van der Waals surface area contributed by atoms with E-state index in [-0.39, 0.29) is 59.2 Å². The number of halogens is 11. The highest BCUT2D eigenvalue weighted by Crippen LogP contribution is 2.41. The lowest BCUT2D eigenvalue weighted by Gasteiger charge is -2.29. The van der Waals surface area contributed by atoms with E-state index < -0.39 is 78.4 Å². The quantitative estimate of drug-likeness (QED) is 0.0317. The summed E-state index contributed by atoms with van der Waals surface area (Å²) < 4.78 is 203. The molecule has 0 heterocycles. The van der Waals surface area contributed by atoms with Gasteiger partial charge in [0.2, 0.25) is 0 Å². The Bertz CT molecular complexity index is 4240. The van der Waals surface area contributed by atoms with Crippen LogP contribution in [0.2, 0.25) is 0 Å². The summed E-state index contributed by atoms with van der Waals surface area (Å²) in [6.45, 7) is 34.1. The Balaban J connectivity index is 0.000000223. The first kappa shape index (κ1) is 87.0. The molecule has 0 amide bonds. The lowest BCUT2D eigenvalue weighted by Crippen LogP contribution is -3.61. The zero-order valence-corrected chi connectivity index (χ0v) is 65.7. The second-order valence-corrected chi connectivity index (χ2v) is 37.8. The SMILES string of the molecule is CC(C)(C)c1ccc([I+]c2ccc(C(C)(C)C)cc2)cc1.CC(C)(C)c1ccc([S+](c2ccc(C(C)(C)C)cc2)c2ccc(C(C)(C)C)cc2)cc1.O=C(OC(C(F)(F)F)C(F)(F)S(=O)(=O)[O-])c1ccc(-c2ccccc2)cc1.O=C(OC(C(F)(F)F)C(F)(F)S(=O)(=O)[O-])c1ccc(-c2ccccc2)cc1. The van der Waals surface area contributed by atoms with Crippen LogP contribution in [0.4, 0.5) is 43.9 Å². The van der Waals surface area contributed by atoms with Gasteiger partial charge in [-0.15, -0.1) is 0 Å². The maximum Gasteiger partial charge on any atom is 0.432 e. The molecular weight excluding hydrogens is 1560 g/mol. The first-order chi connectivity index (χ1) is 48.6. The second kappa shape index (κ2) is 34.1. The Morgan fingerprint density at radius 3 is 0.726 bits per heavy atom. The average Bonchev–Trinajstić information content (AvgIpc) is 0.781. The number of carbonyl (C=O) groups excluding carboxylic acids is 2. The molecule has 24 heteroatoms. The Morgan fingerprint density at radius 1 is 0.321 bits per heavy atom. The number of rotatable bonds is 15. The topological polar surface area (TPSA) is 167 Å². The van der Waals surface area contributed by atoms with E-state index in [2.05, 4.69) is 235 Å². The van der Waals surface area contributed by atoms with Crippen LogP contribution < -0.4 is 21.2 Å². The monoisotopic (exact) mass is 1640 g/mol. The molecule has 568 valence electrons. The normalized spacial score (nSPS) is 13.3. The van der Waals surface area contributed by atoms with E-state index in [1.54, 1.807) is 60.7 Å². The number of alkyl halides is 10. The minimum atomic E-state index is -6.74. The molecule has 0 aromatic heterocycles. The highest BCUT2D eigenvalue weighted by Gasteiger charge is 2.64. The van der Waals surface area contributed by atoms with Crippen LogP contribution in [0.1, 0.15) is 152 Å². The van der Waals surface area contributed by atoms with E-state index in [4.69, 9.17) is 0 Å². The van der Waals surface area contributed by atoms with Gasteiger partial charge in [0.15, 0.2) is 42.1 Å². The van der Waals surface area contributed by atoms with Gasteiger partial charge in [-0.3, -0.25) is 0 Å². The molecule has 0 saturated carbocycles. The first-order valence-corrected chi connectivity index (χ1v) is 39.3. The zero-order valence-electron chi connectivity index (χ0n) is 61.1. The predicted octanol–water partition coefficient (Wildman–Crippen LogP) is 18.2. The number of esters is 2. The van der Waals surface area contributed by atoms with Crippen molar-refractivity contribution in [2.24, 2.45) is 0 Å². The summed E-state index contributed by atoms with van der Waals surface area (Å²) in [5, 5.41) is -11.8. The van der Waals surface area contributed by atoms with Crippen LogP contribution in [-0.4, -0.2) is 72.9 Å². The molecule has 0 aliphatic carbocycles. The molecule has 9 aromatic carbocycles. The van der Waals surface area contributed by atoms with Crippen LogP contribution in [-0.2, 0) is 67.7 Å². The molecule has 0 radical (unpaired) electrons. The van der Waals surface area contributed by atoms with E-state index in [1.165, 1.54) is 73.9 Å². The fraction of sp³-hybridized carbons (Fsp3) is 0.317. The van der Waals surface area contributed by atoms with Gasteiger partial charge in [0.05, 0.1) is 22.0 Å². The van der Waals surface area contributed by atoms with Crippen LogP contribution in [0, 0.1) is 7.14 Å². The third-order valence-corrected chi connectivity index (χ3v) is 23.0. The van der Waals surface area contributed by atoms with Gasteiger partial charge in [0.1, 0.15) is 0 Å². The largest absolute Gasteiger partial charge is 0.743 e. The maximum absolute atomic E-state index is 13.4. The Morgan fingerprint density at radius 2 is 0.528 bits per heavy atom. The Labute approximate surface area is 628 Å². The molecule has 10 nitrogen and oxygen atoms in total. The van der Waals surface area contributed by atoms with Crippen molar-refractivity contribution in [2.75, 3.05) is 0 Å². The highest BCUT2D eigenvalue weighted by atomic mass is 127. The van der Waals surface area contributed by atoms with Gasteiger partial charge in [0, 0.05) is 0 Å². The van der Waals surface area contributed by atoms with Gasteiger partial charge in [-0.1, -0.05) is 249 Å². The molecule has 0 spiro atoms. The van der Waals surface area contributed by atoms with E-state index >= 15 is 0 Å². The van der Waals surface area contributed by atoms with Crippen molar-refractivity contribution in [1.82, 2.24) is 0 Å². The van der Waals surface area contributed by atoms with Crippen molar-refractivity contribution in [2.45, 2.75) is 181 Å². The van der Waals surface area contributed by atoms with Gasteiger partial charge in [-0.05, 0) is 162 Å². The van der Waals surface area contributed by atoms with Gasteiger partial charge < -0.3 is 18.6 Å². The third-order valence-electron chi connectivity index (χ3n) is 16.3. The molecule has 0 aliphatic rings. The van der Waals surface area contributed by atoms with Crippen molar-refractivity contribution in [3.63, 3.8) is 0 Å². The molecule has 106 heavy (non-hydrogen) atoms. The smallest absolute Gasteiger partial charge is 0.432 e. The summed E-state index contributed by atoms with van der Waals surface area (Å²) >= 11 is -0.0703. The van der Waals surface area contributed by atoms with E-state index in [0.29, 0.717) is 11.1 Å². The minimum absolute atomic E-state index is 0.0703.